The van der Waals surface area contributed by atoms with Crippen molar-refractivity contribution < 1.29 is 32.2 Å². The van der Waals surface area contributed by atoms with E-state index in [-0.39, 0.29) is 40.2 Å². The minimum atomic E-state index is -4.00. The van der Waals surface area contributed by atoms with Crippen molar-refractivity contribution in [2.75, 3.05) is 17.9 Å². The van der Waals surface area contributed by atoms with E-state index >= 15 is 0 Å². The van der Waals surface area contributed by atoms with Crippen LogP contribution in [-0.4, -0.2) is 32.7 Å². The van der Waals surface area contributed by atoms with Gasteiger partial charge in [0.15, 0.2) is 11.5 Å². The SMILES string of the molecule is O=C(O)c1cc(NS(=O)(=O)c2cc3cc(F)ccc3s2)cc2c1OCCO2. The van der Waals surface area contributed by atoms with Gasteiger partial charge in [-0.25, -0.2) is 17.6 Å². The van der Waals surface area contributed by atoms with Crippen LogP contribution in [0.2, 0.25) is 0 Å². The molecule has 0 atom stereocenters. The fourth-order valence-corrected chi connectivity index (χ4v) is 5.12. The number of thiophene rings is 1. The van der Waals surface area contributed by atoms with Crippen LogP contribution in [0.3, 0.4) is 0 Å². The fraction of sp³-hybridized carbons (Fsp3) is 0.118. The van der Waals surface area contributed by atoms with Gasteiger partial charge in [0.05, 0.1) is 5.69 Å². The molecule has 7 nitrogen and oxygen atoms in total. The maximum absolute atomic E-state index is 13.3. The standard InChI is InChI=1S/C17H12FNO6S2/c18-10-1-2-14-9(5-10)6-15(26-14)27(22,23)19-11-7-12(17(20)21)16-13(8-11)24-3-4-25-16/h1-2,5-8,19H,3-4H2,(H,20,21). The van der Waals surface area contributed by atoms with E-state index in [1.807, 2.05) is 0 Å². The number of sulfonamides is 1. The number of carbonyl (C=O) groups is 1. The summed E-state index contributed by atoms with van der Waals surface area (Å²) in [6, 6.07) is 7.90. The number of fused-ring (bicyclic) bond motifs is 2. The molecule has 140 valence electrons. The molecule has 0 saturated heterocycles. The van der Waals surface area contributed by atoms with Gasteiger partial charge in [0.1, 0.15) is 28.8 Å². The lowest BCUT2D eigenvalue weighted by Crippen LogP contribution is -2.19. The Morgan fingerprint density at radius 3 is 2.70 bits per heavy atom. The Kier molecular flexibility index (Phi) is 4.16. The molecule has 2 N–H and O–H groups in total. The zero-order chi connectivity index (χ0) is 19.2. The number of anilines is 1. The number of rotatable bonds is 4. The number of carboxylic acids is 1. The van der Waals surface area contributed by atoms with E-state index in [4.69, 9.17) is 9.47 Å². The highest BCUT2D eigenvalue weighted by Crippen LogP contribution is 2.38. The number of benzene rings is 2. The molecule has 3 aromatic rings. The van der Waals surface area contributed by atoms with E-state index in [1.54, 1.807) is 0 Å². The van der Waals surface area contributed by atoms with Gasteiger partial charge in [-0.1, -0.05) is 0 Å². The molecule has 0 unspecified atom stereocenters. The molecular formula is C17H12FNO6S2. The van der Waals surface area contributed by atoms with Crippen molar-refractivity contribution in [1.82, 2.24) is 0 Å². The molecule has 0 amide bonds. The third kappa shape index (κ3) is 3.28. The molecule has 10 heteroatoms. The molecule has 0 radical (unpaired) electrons. The smallest absolute Gasteiger partial charge is 0.339 e. The highest BCUT2D eigenvalue weighted by atomic mass is 32.2. The summed E-state index contributed by atoms with van der Waals surface area (Å²) in [7, 11) is -4.00. The van der Waals surface area contributed by atoms with Crippen molar-refractivity contribution in [2.45, 2.75) is 4.21 Å². The average molecular weight is 409 g/mol. The van der Waals surface area contributed by atoms with Gasteiger partial charge in [0.2, 0.25) is 0 Å². The van der Waals surface area contributed by atoms with E-state index in [9.17, 15) is 22.7 Å². The van der Waals surface area contributed by atoms with Crippen LogP contribution < -0.4 is 14.2 Å². The predicted octanol–water partition coefficient (Wildman–Crippen LogP) is 3.31. The summed E-state index contributed by atoms with van der Waals surface area (Å²) < 4.78 is 52.3. The number of carboxylic acid groups (broad SMARTS) is 1. The van der Waals surface area contributed by atoms with Gasteiger partial charge in [-0.3, -0.25) is 4.72 Å². The van der Waals surface area contributed by atoms with Crippen LogP contribution in [-0.2, 0) is 10.0 Å². The lowest BCUT2D eigenvalue weighted by Gasteiger charge is -2.21. The second-order valence-electron chi connectivity index (χ2n) is 5.71. The number of hydrogen-bond acceptors (Lipinski definition) is 6. The van der Waals surface area contributed by atoms with Gasteiger partial charge in [-0.2, -0.15) is 0 Å². The number of ether oxygens (including phenoxy) is 2. The third-order valence-electron chi connectivity index (χ3n) is 3.85. The molecule has 0 bridgehead atoms. The molecule has 27 heavy (non-hydrogen) atoms. The highest BCUT2D eigenvalue weighted by molar-refractivity contribution is 7.94. The molecule has 0 spiro atoms. The van der Waals surface area contributed by atoms with E-state index in [0.717, 1.165) is 11.3 Å². The summed E-state index contributed by atoms with van der Waals surface area (Å²) in [6.07, 6.45) is 0. The van der Waals surface area contributed by atoms with Gasteiger partial charge in [0, 0.05) is 10.8 Å². The fourth-order valence-electron chi connectivity index (χ4n) is 2.70. The Morgan fingerprint density at radius 1 is 1.15 bits per heavy atom. The minimum Gasteiger partial charge on any atom is -0.486 e. The van der Waals surface area contributed by atoms with Gasteiger partial charge >= 0.3 is 5.97 Å². The molecule has 1 aliphatic rings. The van der Waals surface area contributed by atoms with Crippen molar-refractivity contribution in [3.8, 4) is 11.5 Å². The van der Waals surface area contributed by atoms with E-state index in [1.165, 1.54) is 36.4 Å². The largest absolute Gasteiger partial charge is 0.486 e. The van der Waals surface area contributed by atoms with Crippen LogP contribution in [0.25, 0.3) is 10.1 Å². The van der Waals surface area contributed by atoms with Crippen LogP contribution in [0.1, 0.15) is 10.4 Å². The van der Waals surface area contributed by atoms with E-state index in [0.29, 0.717) is 10.1 Å². The van der Waals surface area contributed by atoms with Crippen LogP contribution in [0.4, 0.5) is 10.1 Å². The number of hydrogen-bond donors (Lipinski definition) is 2. The van der Waals surface area contributed by atoms with Crippen molar-refractivity contribution >= 4 is 43.1 Å². The maximum Gasteiger partial charge on any atom is 0.339 e. The lowest BCUT2D eigenvalue weighted by molar-refractivity contribution is 0.0686. The number of aromatic carboxylic acids is 1. The summed E-state index contributed by atoms with van der Waals surface area (Å²) in [4.78, 5) is 11.5. The van der Waals surface area contributed by atoms with Gasteiger partial charge in [-0.05, 0) is 35.7 Å². The summed E-state index contributed by atoms with van der Waals surface area (Å²) in [5.41, 5.74) is -0.177. The molecule has 0 aliphatic carbocycles. The van der Waals surface area contributed by atoms with E-state index < -0.39 is 21.8 Å². The third-order valence-corrected chi connectivity index (χ3v) is 6.82. The maximum atomic E-state index is 13.3. The first-order valence-electron chi connectivity index (χ1n) is 7.72. The topological polar surface area (TPSA) is 102 Å². The van der Waals surface area contributed by atoms with Gasteiger partial charge in [-0.15, -0.1) is 11.3 Å². The normalized spacial score (nSPS) is 13.5. The van der Waals surface area contributed by atoms with Crippen molar-refractivity contribution in [3.63, 3.8) is 0 Å². The van der Waals surface area contributed by atoms with Crippen LogP contribution >= 0.6 is 11.3 Å². The molecule has 0 saturated carbocycles. The molecule has 2 heterocycles. The first kappa shape index (κ1) is 17.6. The van der Waals surface area contributed by atoms with Crippen molar-refractivity contribution in [1.29, 1.82) is 0 Å². The summed E-state index contributed by atoms with van der Waals surface area (Å²) >= 11 is 0.982. The monoisotopic (exact) mass is 409 g/mol. The van der Waals surface area contributed by atoms with Crippen molar-refractivity contribution in [3.05, 3.63) is 47.8 Å². The Balaban J connectivity index is 1.73. The Bertz CT molecular complexity index is 1170. The summed E-state index contributed by atoms with van der Waals surface area (Å²) in [5.74, 6) is -1.52. The first-order valence-corrected chi connectivity index (χ1v) is 10.0. The Labute approximate surface area is 157 Å². The lowest BCUT2D eigenvalue weighted by atomic mass is 10.1. The number of halogens is 1. The molecule has 0 fully saturated rings. The molecular weight excluding hydrogens is 397 g/mol. The Hall–Kier alpha value is -2.85. The highest BCUT2D eigenvalue weighted by Gasteiger charge is 2.24. The van der Waals surface area contributed by atoms with Crippen molar-refractivity contribution in [2.24, 2.45) is 0 Å². The zero-order valence-electron chi connectivity index (χ0n) is 13.6. The van der Waals surface area contributed by atoms with Crippen LogP contribution in [0.15, 0.2) is 40.6 Å². The van der Waals surface area contributed by atoms with E-state index in [2.05, 4.69) is 4.72 Å². The average Bonchev–Trinajstić information content (AvgIpc) is 3.04. The second kappa shape index (κ2) is 6.39. The zero-order valence-corrected chi connectivity index (χ0v) is 15.2. The van der Waals surface area contributed by atoms with Gasteiger partial charge in [0.25, 0.3) is 10.0 Å². The predicted molar refractivity (Wildman–Crippen MR) is 97.0 cm³/mol. The molecule has 1 aliphatic heterocycles. The Morgan fingerprint density at radius 2 is 1.93 bits per heavy atom. The first-order chi connectivity index (χ1) is 12.8. The molecule has 1 aromatic heterocycles. The van der Waals surface area contributed by atoms with Crippen LogP contribution in [0, 0.1) is 5.82 Å². The van der Waals surface area contributed by atoms with Gasteiger partial charge < -0.3 is 14.6 Å². The molecule has 4 rings (SSSR count). The van der Waals surface area contributed by atoms with Crippen LogP contribution in [0.5, 0.6) is 11.5 Å². The number of nitrogens with one attached hydrogen (secondary N) is 1. The summed E-state index contributed by atoms with van der Waals surface area (Å²) in [6.45, 7) is 0.431. The minimum absolute atomic E-state index is 0.0186. The second-order valence-corrected chi connectivity index (χ2v) is 8.70. The quantitative estimate of drug-likeness (QED) is 0.686. The molecule has 2 aromatic carbocycles. The summed E-state index contributed by atoms with van der Waals surface area (Å²) in [5, 5.41) is 9.82.